The molecule has 1 heterocycles. The lowest BCUT2D eigenvalue weighted by Crippen LogP contribution is -2.41. The van der Waals surface area contributed by atoms with Crippen molar-refractivity contribution in [1.82, 2.24) is 10.2 Å². The molecular weight excluding hydrogens is 343 g/mol. The van der Waals surface area contributed by atoms with Gasteiger partial charge in [-0.3, -0.25) is 4.90 Å². The summed E-state index contributed by atoms with van der Waals surface area (Å²) >= 11 is 12.1. The van der Waals surface area contributed by atoms with Gasteiger partial charge in [0.1, 0.15) is 5.75 Å². The van der Waals surface area contributed by atoms with E-state index < -0.39 is 0 Å². The maximum Gasteiger partial charge on any atom is 0.115 e. The standard InChI is InChI=1S/C19H22Cl2N2O/c20-18-5-4-15(11-19(18)21)13-23-8-6-16(7-9-23)22-12-14-2-1-3-17(24)10-14/h1-5,10-11,16,22,24H,6-9,12-13H2. The van der Waals surface area contributed by atoms with Crippen LogP contribution in [-0.2, 0) is 13.1 Å². The Morgan fingerprint density at radius 3 is 2.50 bits per heavy atom. The molecule has 0 amide bonds. The highest BCUT2D eigenvalue weighted by Gasteiger charge is 2.19. The number of rotatable bonds is 5. The number of phenols is 1. The molecule has 0 bridgehead atoms. The Morgan fingerprint density at radius 1 is 1.00 bits per heavy atom. The average molecular weight is 365 g/mol. The molecule has 5 heteroatoms. The van der Waals surface area contributed by atoms with Crippen LogP contribution < -0.4 is 5.32 Å². The summed E-state index contributed by atoms with van der Waals surface area (Å²) in [6.07, 6.45) is 2.25. The number of halogens is 2. The first kappa shape index (κ1) is 17.6. The van der Waals surface area contributed by atoms with E-state index in [1.165, 1.54) is 5.56 Å². The van der Waals surface area contributed by atoms with Gasteiger partial charge in [-0.15, -0.1) is 0 Å². The number of likely N-dealkylation sites (tertiary alicyclic amines) is 1. The van der Waals surface area contributed by atoms with Crippen molar-refractivity contribution in [3.63, 3.8) is 0 Å². The summed E-state index contributed by atoms with van der Waals surface area (Å²) in [7, 11) is 0. The second-order valence-electron chi connectivity index (χ2n) is 6.35. The summed E-state index contributed by atoms with van der Waals surface area (Å²) in [6, 6.07) is 13.8. The highest BCUT2D eigenvalue weighted by molar-refractivity contribution is 6.42. The molecule has 1 saturated heterocycles. The van der Waals surface area contributed by atoms with Crippen LogP contribution in [0.1, 0.15) is 24.0 Å². The summed E-state index contributed by atoms with van der Waals surface area (Å²) in [6.45, 7) is 3.85. The summed E-state index contributed by atoms with van der Waals surface area (Å²) < 4.78 is 0. The molecule has 0 atom stereocenters. The molecule has 1 fully saturated rings. The normalized spacial score (nSPS) is 16.4. The van der Waals surface area contributed by atoms with Crippen molar-refractivity contribution < 1.29 is 5.11 Å². The lowest BCUT2D eigenvalue weighted by molar-refractivity contribution is 0.190. The fourth-order valence-corrected chi connectivity index (χ4v) is 3.44. The zero-order chi connectivity index (χ0) is 16.9. The minimum Gasteiger partial charge on any atom is -0.508 e. The largest absolute Gasteiger partial charge is 0.508 e. The van der Waals surface area contributed by atoms with Crippen LogP contribution in [0.25, 0.3) is 0 Å². The first-order chi connectivity index (χ1) is 11.6. The summed E-state index contributed by atoms with van der Waals surface area (Å²) in [5.41, 5.74) is 2.32. The van der Waals surface area contributed by atoms with E-state index in [0.29, 0.717) is 21.8 Å². The minimum atomic E-state index is 0.325. The zero-order valence-electron chi connectivity index (χ0n) is 13.5. The lowest BCUT2D eigenvalue weighted by atomic mass is 10.0. The Kier molecular flexibility index (Phi) is 6.01. The highest BCUT2D eigenvalue weighted by atomic mass is 35.5. The Morgan fingerprint density at radius 2 is 1.79 bits per heavy atom. The maximum atomic E-state index is 9.51. The van der Waals surface area contributed by atoms with Gasteiger partial charge < -0.3 is 10.4 Å². The van der Waals surface area contributed by atoms with Crippen LogP contribution in [0.4, 0.5) is 0 Å². The molecule has 0 spiro atoms. The number of hydrogen-bond acceptors (Lipinski definition) is 3. The smallest absolute Gasteiger partial charge is 0.115 e. The van der Waals surface area contributed by atoms with E-state index in [1.54, 1.807) is 6.07 Å². The highest BCUT2D eigenvalue weighted by Crippen LogP contribution is 2.24. The number of aromatic hydroxyl groups is 1. The molecule has 2 N–H and O–H groups in total. The van der Waals surface area contributed by atoms with E-state index in [4.69, 9.17) is 23.2 Å². The molecule has 2 aromatic carbocycles. The van der Waals surface area contributed by atoms with Crippen molar-refractivity contribution in [3.05, 3.63) is 63.6 Å². The molecule has 1 aliphatic rings. The van der Waals surface area contributed by atoms with Crippen molar-refractivity contribution in [2.45, 2.75) is 32.0 Å². The number of hydrogen-bond donors (Lipinski definition) is 2. The molecule has 2 aromatic rings. The third-order valence-electron chi connectivity index (χ3n) is 4.48. The number of nitrogens with zero attached hydrogens (tertiary/aromatic N) is 1. The van der Waals surface area contributed by atoms with Crippen LogP contribution in [0, 0.1) is 0 Å². The van der Waals surface area contributed by atoms with Crippen LogP contribution in [0.2, 0.25) is 10.0 Å². The first-order valence-corrected chi connectivity index (χ1v) is 9.03. The Balaban J connectivity index is 1.44. The summed E-state index contributed by atoms with van der Waals surface area (Å²) in [5, 5.41) is 14.3. The number of benzene rings is 2. The summed E-state index contributed by atoms with van der Waals surface area (Å²) in [5.74, 6) is 0.325. The van der Waals surface area contributed by atoms with Crippen molar-refractivity contribution in [2.75, 3.05) is 13.1 Å². The van der Waals surface area contributed by atoms with Gasteiger partial charge in [-0.1, -0.05) is 41.4 Å². The van der Waals surface area contributed by atoms with Gasteiger partial charge in [0.25, 0.3) is 0 Å². The Labute approximate surface area is 153 Å². The maximum absolute atomic E-state index is 9.51. The van der Waals surface area contributed by atoms with Crippen molar-refractivity contribution >= 4 is 23.2 Å². The second-order valence-corrected chi connectivity index (χ2v) is 7.16. The van der Waals surface area contributed by atoms with E-state index in [2.05, 4.69) is 10.2 Å². The molecular formula is C19H22Cl2N2O. The van der Waals surface area contributed by atoms with Gasteiger partial charge in [0.15, 0.2) is 0 Å². The van der Waals surface area contributed by atoms with E-state index in [1.807, 2.05) is 36.4 Å². The summed E-state index contributed by atoms with van der Waals surface area (Å²) in [4.78, 5) is 2.45. The third kappa shape index (κ3) is 4.87. The molecule has 0 radical (unpaired) electrons. The number of phenolic OH excluding ortho intramolecular Hbond substituents is 1. The fraction of sp³-hybridized carbons (Fsp3) is 0.368. The molecule has 128 valence electrons. The van der Waals surface area contributed by atoms with Crippen LogP contribution in [0.15, 0.2) is 42.5 Å². The molecule has 0 saturated carbocycles. The van der Waals surface area contributed by atoms with Crippen molar-refractivity contribution in [2.24, 2.45) is 0 Å². The van der Waals surface area contributed by atoms with E-state index in [9.17, 15) is 5.11 Å². The molecule has 0 aromatic heterocycles. The van der Waals surface area contributed by atoms with E-state index in [-0.39, 0.29) is 0 Å². The molecule has 0 aliphatic carbocycles. The predicted molar refractivity (Wildman–Crippen MR) is 99.7 cm³/mol. The SMILES string of the molecule is Oc1cccc(CNC2CCN(Cc3ccc(Cl)c(Cl)c3)CC2)c1. The second kappa shape index (κ2) is 8.21. The zero-order valence-corrected chi connectivity index (χ0v) is 15.0. The van der Waals surface area contributed by atoms with Gasteiger partial charge in [0.2, 0.25) is 0 Å². The van der Waals surface area contributed by atoms with E-state index >= 15 is 0 Å². The molecule has 1 aliphatic heterocycles. The predicted octanol–water partition coefficient (Wildman–Crippen LogP) is 4.45. The first-order valence-electron chi connectivity index (χ1n) is 8.28. The third-order valence-corrected chi connectivity index (χ3v) is 5.22. The number of nitrogens with one attached hydrogen (secondary N) is 1. The minimum absolute atomic E-state index is 0.325. The molecule has 0 unspecified atom stereocenters. The molecule has 24 heavy (non-hydrogen) atoms. The van der Waals surface area contributed by atoms with Crippen molar-refractivity contribution in [3.8, 4) is 5.75 Å². The lowest BCUT2D eigenvalue weighted by Gasteiger charge is -2.32. The van der Waals surface area contributed by atoms with Gasteiger partial charge in [-0.2, -0.15) is 0 Å². The van der Waals surface area contributed by atoms with Gasteiger partial charge >= 0.3 is 0 Å². The fourth-order valence-electron chi connectivity index (χ4n) is 3.12. The Bertz CT molecular complexity index is 685. The van der Waals surface area contributed by atoms with Crippen molar-refractivity contribution in [1.29, 1.82) is 0 Å². The van der Waals surface area contributed by atoms with Gasteiger partial charge in [0, 0.05) is 19.1 Å². The molecule has 3 rings (SSSR count). The Hall–Kier alpha value is -1.26. The van der Waals surface area contributed by atoms with Gasteiger partial charge in [-0.05, 0) is 61.3 Å². The number of piperidine rings is 1. The molecule has 3 nitrogen and oxygen atoms in total. The quantitative estimate of drug-likeness (QED) is 0.822. The van der Waals surface area contributed by atoms with Gasteiger partial charge in [-0.25, -0.2) is 0 Å². The van der Waals surface area contributed by atoms with E-state index in [0.717, 1.165) is 44.6 Å². The van der Waals surface area contributed by atoms with Gasteiger partial charge in [0.05, 0.1) is 10.0 Å². The topological polar surface area (TPSA) is 35.5 Å². The average Bonchev–Trinajstić information content (AvgIpc) is 2.58. The van der Waals surface area contributed by atoms with Crippen LogP contribution in [0.5, 0.6) is 5.75 Å². The van der Waals surface area contributed by atoms with Crippen LogP contribution in [-0.4, -0.2) is 29.1 Å². The van der Waals surface area contributed by atoms with Crippen LogP contribution >= 0.6 is 23.2 Å². The monoisotopic (exact) mass is 364 g/mol. The van der Waals surface area contributed by atoms with Crippen LogP contribution in [0.3, 0.4) is 0 Å².